The molecule has 2 aromatic carbocycles. The van der Waals surface area contributed by atoms with Gasteiger partial charge in [0.05, 0.1) is 17.2 Å². The number of ether oxygens (including phenoxy) is 1. The fourth-order valence-corrected chi connectivity index (χ4v) is 1.77. The largest absolute Gasteiger partial charge is 0.452 e. The molecule has 0 fully saturated rings. The number of hydrogen-bond acceptors (Lipinski definition) is 4. The van der Waals surface area contributed by atoms with E-state index in [1.165, 1.54) is 0 Å². The fraction of sp³-hybridized carbons (Fsp3) is 0.118. The van der Waals surface area contributed by atoms with Crippen LogP contribution in [0.5, 0.6) is 0 Å². The van der Waals surface area contributed by atoms with Crippen LogP contribution in [0.4, 0.5) is 5.69 Å². The standard InChI is InChI=1S/C17H14N2O3/c1-12-5-7-14(8-6-12)17(21)22-11-16(20)19-15-4-2-3-13(9-15)10-18/h2-9H,11H2,1H3,(H,19,20). The van der Waals surface area contributed by atoms with Crippen LogP contribution in [0, 0.1) is 18.3 Å². The average Bonchev–Trinajstić information content (AvgIpc) is 2.53. The molecule has 0 spiro atoms. The zero-order valence-corrected chi connectivity index (χ0v) is 12.0. The summed E-state index contributed by atoms with van der Waals surface area (Å²) in [6, 6.07) is 15.3. The Labute approximate surface area is 128 Å². The van der Waals surface area contributed by atoms with Crippen molar-refractivity contribution in [1.82, 2.24) is 0 Å². The summed E-state index contributed by atoms with van der Waals surface area (Å²) in [4.78, 5) is 23.5. The van der Waals surface area contributed by atoms with Crippen molar-refractivity contribution in [2.24, 2.45) is 0 Å². The van der Waals surface area contributed by atoms with E-state index in [1.54, 1.807) is 48.5 Å². The molecule has 0 saturated carbocycles. The van der Waals surface area contributed by atoms with Gasteiger partial charge in [-0.1, -0.05) is 23.8 Å². The van der Waals surface area contributed by atoms with Crippen LogP contribution in [0.15, 0.2) is 48.5 Å². The molecule has 1 amide bonds. The maximum absolute atomic E-state index is 11.8. The van der Waals surface area contributed by atoms with Gasteiger partial charge in [-0.05, 0) is 37.3 Å². The Balaban J connectivity index is 1.88. The van der Waals surface area contributed by atoms with Gasteiger partial charge >= 0.3 is 5.97 Å². The zero-order chi connectivity index (χ0) is 15.9. The second kappa shape index (κ2) is 7.04. The minimum absolute atomic E-state index is 0.385. The van der Waals surface area contributed by atoms with Gasteiger partial charge in [-0.2, -0.15) is 5.26 Å². The number of benzene rings is 2. The minimum Gasteiger partial charge on any atom is -0.452 e. The third-order valence-corrected chi connectivity index (χ3v) is 2.90. The molecule has 2 aromatic rings. The van der Waals surface area contributed by atoms with Gasteiger partial charge in [0.2, 0.25) is 0 Å². The number of esters is 1. The van der Waals surface area contributed by atoms with Gasteiger partial charge in [-0.25, -0.2) is 4.79 Å². The lowest BCUT2D eigenvalue weighted by molar-refractivity contribution is -0.119. The maximum Gasteiger partial charge on any atom is 0.338 e. The Kier molecular flexibility index (Phi) is 4.89. The molecule has 0 heterocycles. The number of rotatable bonds is 4. The number of carbonyl (C=O) groups is 2. The van der Waals surface area contributed by atoms with E-state index in [9.17, 15) is 9.59 Å². The number of carbonyl (C=O) groups excluding carboxylic acids is 2. The number of anilines is 1. The first-order chi connectivity index (χ1) is 10.6. The highest BCUT2D eigenvalue weighted by Gasteiger charge is 2.10. The third-order valence-electron chi connectivity index (χ3n) is 2.90. The van der Waals surface area contributed by atoms with Crippen molar-refractivity contribution < 1.29 is 14.3 Å². The van der Waals surface area contributed by atoms with E-state index in [-0.39, 0.29) is 6.61 Å². The highest BCUT2D eigenvalue weighted by atomic mass is 16.5. The molecule has 0 unspecified atom stereocenters. The Hall–Kier alpha value is -3.13. The Morgan fingerprint density at radius 2 is 1.91 bits per heavy atom. The van der Waals surface area contributed by atoms with Crippen LogP contribution in [0.25, 0.3) is 0 Å². The normalized spacial score (nSPS) is 9.64. The number of amides is 1. The van der Waals surface area contributed by atoms with Crippen LogP contribution >= 0.6 is 0 Å². The smallest absolute Gasteiger partial charge is 0.338 e. The van der Waals surface area contributed by atoms with Crippen molar-refractivity contribution in [1.29, 1.82) is 5.26 Å². The topological polar surface area (TPSA) is 79.2 Å². The highest BCUT2D eigenvalue weighted by Crippen LogP contribution is 2.10. The lowest BCUT2D eigenvalue weighted by Crippen LogP contribution is -2.20. The SMILES string of the molecule is Cc1ccc(C(=O)OCC(=O)Nc2cccc(C#N)c2)cc1. The van der Waals surface area contributed by atoms with Crippen LogP contribution in [0.1, 0.15) is 21.5 Å². The van der Waals surface area contributed by atoms with Crippen molar-refractivity contribution in [3.63, 3.8) is 0 Å². The van der Waals surface area contributed by atoms with E-state index >= 15 is 0 Å². The molecule has 1 N–H and O–H groups in total. The minimum atomic E-state index is -0.555. The quantitative estimate of drug-likeness (QED) is 0.879. The molecule has 0 aliphatic carbocycles. The van der Waals surface area contributed by atoms with Crippen molar-refractivity contribution in [3.8, 4) is 6.07 Å². The van der Waals surface area contributed by atoms with Crippen LogP contribution in [-0.4, -0.2) is 18.5 Å². The van der Waals surface area contributed by atoms with Gasteiger partial charge in [-0.3, -0.25) is 4.79 Å². The Bertz CT molecular complexity index is 730. The van der Waals surface area contributed by atoms with Crippen molar-refractivity contribution in [2.45, 2.75) is 6.92 Å². The predicted octanol–water partition coefficient (Wildman–Crippen LogP) is 2.66. The predicted molar refractivity (Wildman–Crippen MR) is 81.2 cm³/mol. The van der Waals surface area contributed by atoms with E-state index in [2.05, 4.69) is 5.32 Å². The zero-order valence-electron chi connectivity index (χ0n) is 12.0. The number of nitrogens with one attached hydrogen (secondary N) is 1. The van der Waals surface area contributed by atoms with Crippen LogP contribution in [-0.2, 0) is 9.53 Å². The first kappa shape index (κ1) is 15.3. The molecule has 0 saturated heterocycles. The van der Waals surface area contributed by atoms with Gasteiger partial charge in [0.15, 0.2) is 6.61 Å². The lowest BCUT2D eigenvalue weighted by Gasteiger charge is -2.07. The molecule has 2 rings (SSSR count). The summed E-state index contributed by atoms with van der Waals surface area (Å²) in [6.07, 6.45) is 0. The summed E-state index contributed by atoms with van der Waals surface area (Å²) in [5, 5.41) is 11.4. The van der Waals surface area contributed by atoms with Crippen molar-refractivity contribution in [3.05, 3.63) is 65.2 Å². The molecule has 5 heteroatoms. The summed E-state index contributed by atoms with van der Waals surface area (Å²) in [7, 11) is 0. The van der Waals surface area contributed by atoms with Crippen LogP contribution in [0.2, 0.25) is 0 Å². The van der Waals surface area contributed by atoms with E-state index in [4.69, 9.17) is 10.00 Å². The summed E-state index contributed by atoms with van der Waals surface area (Å²) >= 11 is 0. The van der Waals surface area contributed by atoms with Gasteiger partial charge in [0, 0.05) is 5.69 Å². The maximum atomic E-state index is 11.8. The monoisotopic (exact) mass is 294 g/mol. The summed E-state index contributed by atoms with van der Waals surface area (Å²) in [5.41, 5.74) is 2.35. The van der Waals surface area contributed by atoms with Crippen molar-refractivity contribution >= 4 is 17.6 Å². The second-order valence-electron chi connectivity index (χ2n) is 4.68. The molecule has 0 aliphatic rings. The van der Waals surface area contributed by atoms with E-state index in [0.717, 1.165) is 5.56 Å². The molecule has 0 aromatic heterocycles. The van der Waals surface area contributed by atoms with E-state index in [0.29, 0.717) is 16.8 Å². The summed E-state index contributed by atoms with van der Waals surface area (Å²) < 4.78 is 4.94. The van der Waals surface area contributed by atoms with Gasteiger partial charge in [0.25, 0.3) is 5.91 Å². The molecular weight excluding hydrogens is 280 g/mol. The average molecular weight is 294 g/mol. The molecule has 0 radical (unpaired) electrons. The Morgan fingerprint density at radius 1 is 1.18 bits per heavy atom. The van der Waals surface area contributed by atoms with E-state index < -0.39 is 11.9 Å². The van der Waals surface area contributed by atoms with Gasteiger partial charge in [-0.15, -0.1) is 0 Å². The summed E-state index contributed by atoms with van der Waals surface area (Å²) in [6.45, 7) is 1.53. The van der Waals surface area contributed by atoms with Crippen molar-refractivity contribution in [2.75, 3.05) is 11.9 Å². The van der Waals surface area contributed by atoms with Gasteiger partial charge in [0.1, 0.15) is 0 Å². The molecule has 5 nitrogen and oxygen atoms in total. The molecule has 0 atom stereocenters. The second-order valence-corrected chi connectivity index (χ2v) is 4.68. The van der Waals surface area contributed by atoms with Crippen LogP contribution < -0.4 is 5.32 Å². The highest BCUT2D eigenvalue weighted by molar-refractivity contribution is 5.95. The molecule has 22 heavy (non-hydrogen) atoms. The molecule has 0 aliphatic heterocycles. The number of nitrogens with zero attached hydrogens (tertiary/aromatic N) is 1. The lowest BCUT2D eigenvalue weighted by atomic mass is 10.1. The fourth-order valence-electron chi connectivity index (χ4n) is 1.77. The third kappa shape index (κ3) is 4.18. The molecular formula is C17H14N2O3. The number of aryl methyl sites for hydroxylation is 1. The number of nitriles is 1. The van der Waals surface area contributed by atoms with Gasteiger partial charge < -0.3 is 10.1 Å². The van der Waals surface area contributed by atoms with Crippen LogP contribution in [0.3, 0.4) is 0 Å². The molecule has 0 bridgehead atoms. The summed E-state index contributed by atoms with van der Waals surface area (Å²) in [5.74, 6) is -1.02. The first-order valence-electron chi connectivity index (χ1n) is 6.62. The molecule has 110 valence electrons. The number of hydrogen-bond donors (Lipinski definition) is 1. The Morgan fingerprint density at radius 3 is 2.59 bits per heavy atom. The van der Waals surface area contributed by atoms with E-state index in [1.807, 2.05) is 13.0 Å². The first-order valence-corrected chi connectivity index (χ1v) is 6.62.